The summed E-state index contributed by atoms with van der Waals surface area (Å²) in [5, 5.41) is 0. The summed E-state index contributed by atoms with van der Waals surface area (Å²) >= 11 is 0. The smallest absolute Gasteiger partial charge is 0.243 e. The number of sulfonamides is 1. The molecule has 1 N–H and O–H groups in total. The highest BCUT2D eigenvalue weighted by atomic mass is 32.2. The van der Waals surface area contributed by atoms with Crippen molar-refractivity contribution in [2.75, 3.05) is 32.8 Å². The second kappa shape index (κ2) is 7.20. The maximum atomic E-state index is 13.4. The van der Waals surface area contributed by atoms with E-state index in [1.165, 1.54) is 27.4 Å². The molecule has 2 saturated heterocycles. The molecule has 0 aromatic heterocycles. The molecule has 0 radical (unpaired) electrons. The second-order valence-electron chi connectivity index (χ2n) is 8.06. The lowest BCUT2D eigenvalue weighted by Gasteiger charge is -2.33. The van der Waals surface area contributed by atoms with Gasteiger partial charge < -0.3 is 4.90 Å². The quantitative estimate of drug-likeness (QED) is 0.709. The van der Waals surface area contributed by atoms with E-state index in [-0.39, 0.29) is 29.8 Å². The van der Waals surface area contributed by atoms with E-state index in [2.05, 4.69) is 0 Å². The van der Waals surface area contributed by atoms with Crippen LogP contribution in [0.15, 0.2) is 29.2 Å². The molecule has 2 aliphatic heterocycles. The van der Waals surface area contributed by atoms with Crippen LogP contribution in [0.4, 0.5) is 4.39 Å². The molecule has 0 bridgehead atoms. The summed E-state index contributed by atoms with van der Waals surface area (Å²) in [6, 6.07) is 5.01. The largest absolute Gasteiger partial charge is 0.315 e. The Labute approximate surface area is 164 Å². The molecule has 0 atom stereocenters. The molecule has 1 saturated carbocycles. The van der Waals surface area contributed by atoms with Gasteiger partial charge >= 0.3 is 0 Å². The highest BCUT2D eigenvalue weighted by Gasteiger charge is 2.53. The van der Waals surface area contributed by atoms with E-state index < -0.39 is 21.3 Å². The Bertz CT molecular complexity index is 890. The molecule has 1 aromatic carbocycles. The molecule has 152 valence electrons. The van der Waals surface area contributed by atoms with E-state index in [0.29, 0.717) is 26.2 Å². The van der Waals surface area contributed by atoms with Gasteiger partial charge in [0.1, 0.15) is 5.82 Å². The van der Waals surface area contributed by atoms with Crippen LogP contribution in [-0.2, 0) is 19.6 Å². The van der Waals surface area contributed by atoms with Gasteiger partial charge in [0.2, 0.25) is 21.8 Å². The zero-order chi connectivity index (χ0) is 19.9. The third kappa shape index (κ3) is 3.35. The lowest BCUT2D eigenvalue weighted by Crippen LogP contribution is -3.16. The van der Waals surface area contributed by atoms with E-state index in [9.17, 15) is 22.4 Å². The summed E-state index contributed by atoms with van der Waals surface area (Å²) in [5.41, 5.74) is -0.473. The van der Waals surface area contributed by atoms with Crippen LogP contribution < -0.4 is 4.90 Å². The minimum Gasteiger partial charge on any atom is -0.315 e. The lowest BCUT2D eigenvalue weighted by molar-refractivity contribution is -0.910. The summed E-state index contributed by atoms with van der Waals surface area (Å²) in [6.07, 6.45) is 3.90. The summed E-state index contributed by atoms with van der Waals surface area (Å²) in [5.74, 6) is -0.733. The maximum absolute atomic E-state index is 13.4. The van der Waals surface area contributed by atoms with Gasteiger partial charge in [0.15, 0.2) is 6.67 Å². The normalized spacial score (nSPS) is 23.8. The van der Waals surface area contributed by atoms with Gasteiger partial charge in [-0.25, -0.2) is 17.7 Å². The zero-order valence-electron chi connectivity index (χ0n) is 15.7. The first-order valence-electron chi connectivity index (χ1n) is 9.76. The number of piperazine rings is 1. The van der Waals surface area contributed by atoms with Crippen LogP contribution in [0.1, 0.15) is 32.1 Å². The van der Waals surface area contributed by atoms with Gasteiger partial charge in [-0.1, -0.05) is 18.9 Å². The fraction of sp³-hybridized carbons (Fsp3) is 0.579. The minimum absolute atomic E-state index is 0.0442. The number of halogens is 1. The topological polar surface area (TPSA) is 79.2 Å². The van der Waals surface area contributed by atoms with Crippen molar-refractivity contribution in [1.82, 2.24) is 9.21 Å². The zero-order valence-corrected chi connectivity index (χ0v) is 16.5. The number of hydrogen-bond donors (Lipinski definition) is 1. The van der Waals surface area contributed by atoms with Gasteiger partial charge in [0, 0.05) is 6.42 Å². The Morgan fingerprint density at radius 1 is 1.11 bits per heavy atom. The molecule has 3 fully saturated rings. The SMILES string of the molecule is O=C1CC2(CCCC2)C(=O)N1C[NH+]1CCN(S(=O)(=O)c2cccc(F)c2)CC1. The van der Waals surface area contributed by atoms with Gasteiger partial charge in [0.05, 0.1) is 36.5 Å². The van der Waals surface area contributed by atoms with E-state index in [1.807, 2.05) is 0 Å². The number of amides is 2. The molecule has 1 aliphatic carbocycles. The van der Waals surface area contributed by atoms with Crippen molar-refractivity contribution in [2.24, 2.45) is 5.41 Å². The monoisotopic (exact) mass is 410 g/mol. The van der Waals surface area contributed by atoms with Crippen molar-refractivity contribution < 1.29 is 27.3 Å². The average molecular weight is 410 g/mol. The fourth-order valence-electron chi connectivity index (χ4n) is 4.66. The Balaban J connectivity index is 1.38. The first-order valence-corrected chi connectivity index (χ1v) is 11.2. The Kier molecular flexibility index (Phi) is 5.01. The van der Waals surface area contributed by atoms with Crippen molar-refractivity contribution >= 4 is 21.8 Å². The van der Waals surface area contributed by atoms with Crippen molar-refractivity contribution in [3.63, 3.8) is 0 Å². The molecule has 1 aromatic rings. The Morgan fingerprint density at radius 2 is 1.79 bits per heavy atom. The number of benzene rings is 1. The predicted molar refractivity (Wildman–Crippen MR) is 98.1 cm³/mol. The van der Waals surface area contributed by atoms with E-state index in [1.54, 1.807) is 0 Å². The average Bonchev–Trinajstić information content (AvgIpc) is 3.23. The first kappa shape index (κ1) is 19.5. The molecule has 4 rings (SSSR count). The van der Waals surface area contributed by atoms with Crippen molar-refractivity contribution in [3.8, 4) is 0 Å². The van der Waals surface area contributed by atoms with Crippen LogP contribution in [0.3, 0.4) is 0 Å². The number of carbonyl (C=O) groups excluding carboxylic acids is 2. The molecule has 1 spiro atoms. The first-order chi connectivity index (χ1) is 13.3. The molecular formula is C19H25FN3O4S+. The third-order valence-corrected chi connectivity index (χ3v) is 8.19. The van der Waals surface area contributed by atoms with E-state index in [4.69, 9.17) is 0 Å². The van der Waals surface area contributed by atoms with Gasteiger partial charge in [-0.3, -0.25) is 9.59 Å². The van der Waals surface area contributed by atoms with E-state index in [0.717, 1.165) is 36.6 Å². The number of nitrogens with zero attached hydrogens (tertiary/aromatic N) is 2. The molecule has 9 heteroatoms. The fourth-order valence-corrected chi connectivity index (χ4v) is 6.14. The van der Waals surface area contributed by atoms with Crippen LogP contribution in [-0.4, -0.2) is 62.3 Å². The molecule has 3 aliphatic rings. The molecule has 0 unspecified atom stereocenters. The van der Waals surface area contributed by atoms with Gasteiger partial charge in [0.25, 0.3) is 0 Å². The standard InChI is InChI=1S/C19H24FN3O4S/c20-15-4-3-5-16(12-15)28(26,27)22-10-8-21(9-11-22)14-23-17(24)13-19(18(23)25)6-1-2-7-19/h3-5,12H,1-2,6-11,13-14H2/p+1. The van der Waals surface area contributed by atoms with Crippen LogP contribution in [0.2, 0.25) is 0 Å². The number of imide groups is 1. The van der Waals surface area contributed by atoms with Gasteiger partial charge in [-0.2, -0.15) is 4.31 Å². The summed E-state index contributed by atoms with van der Waals surface area (Å²) in [7, 11) is -3.74. The summed E-state index contributed by atoms with van der Waals surface area (Å²) < 4.78 is 40.1. The predicted octanol–water partition coefficient (Wildman–Crippen LogP) is -0.00830. The van der Waals surface area contributed by atoms with Crippen LogP contribution in [0.25, 0.3) is 0 Å². The highest BCUT2D eigenvalue weighted by Crippen LogP contribution is 2.46. The van der Waals surface area contributed by atoms with Crippen LogP contribution >= 0.6 is 0 Å². The van der Waals surface area contributed by atoms with E-state index >= 15 is 0 Å². The number of rotatable bonds is 4. The maximum Gasteiger partial charge on any atom is 0.243 e. The minimum atomic E-state index is -3.74. The summed E-state index contributed by atoms with van der Waals surface area (Å²) in [6.45, 7) is 1.84. The molecule has 2 amide bonds. The Morgan fingerprint density at radius 3 is 2.43 bits per heavy atom. The summed E-state index contributed by atoms with van der Waals surface area (Å²) in [4.78, 5) is 27.6. The molecule has 7 nitrogen and oxygen atoms in total. The number of quaternary nitrogens is 1. The van der Waals surface area contributed by atoms with Crippen LogP contribution in [0, 0.1) is 11.2 Å². The van der Waals surface area contributed by atoms with Crippen molar-refractivity contribution in [1.29, 1.82) is 0 Å². The number of likely N-dealkylation sites (tertiary alicyclic amines) is 1. The second-order valence-corrected chi connectivity index (χ2v) is 10.00. The van der Waals surface area contributed by atoms with Crippen molar-refractivity contribution in [3.05, 3.63) is 30.1 Å². The third-order valence-electron chi connectivity index (χ3n) is 6.30. The number of hydrogen-bond acceptors (Lipinski definition) is 4. The van der Waals surface area contributed by atoms with Gasteiger partial charge in [-0.05, 0) is 31.0 Å². The Hall–Kier alpha value is -1.84. The molecular weight excluding hydrogens is 385 g/mol. The van der Waals surface area contributed by atoms with Crippen molar-refractivity contribution in [2.45, 2.75) is 37.0 Å². The van der Waals surface area contributed by atoms with Gasteiger partial charge in [-0.15, -0.1) is 0 Å². The molecule has 28 heavy (non-hydrogen) atoms. The highest BCUT2D eigenvalue weighted by molar-refractivity contribution is 7.89. The number of carbonyl (C=O) groups is 2. The molecule has 2 heterocycles. The van der Waals surface area contributed by atoms with Crippen LogP contribution in [0.5, 0.6) is 0 Å². The number of nitrogens with one attached hydrogen (secondary N) is 1. The lowest BCUT2D eigenvalue weighted by atomic mass is 9.85.